The molecule has 0 aliphatic carbocycles. The van der Waals surface area contributed by atoms with E-state index < -0.39 is 35.1 Å². The largest absolute Gasteiger partial charge is 0.324 e. The molecular weight excluding hydrogens is 373 g/mol. The van der Waals surface area contributed by atoms with Gasteiger partial charge in [-0.3, -0.25) is 24.6 Å². The summed E-state index contributed by atoms with van der Waals surface area (Å²) >= 11 is 0. The Morgan fingerprint density at radius 2 is 1.83 bits per heavy atom. The van der Waals surface area contributed by atoms with Crippen LogP contribution in [0, 0.1) is 17.7 Å². The van der Waals surface area contributed by atoms with E-state index in [1.54, 1.807) is 6.92 Å². The number of imide groups is 1. The summed E-state index contributed by atoms with van der Waals surface area (Å²) in [6.07, 6.45) is 0.546. The third kappa shape index (κ3) is 2.40. The molecule has 29 heavy (non-hydrogen) atoms. The number of fused-ring (bicyclic) bond motifs is 4. The van der Waals surface area contributed by atoms with Crippen molar-refractivity contribution >= 4 is 23.4 Å². The van der Waals surface area contributed by atoms with Crippen molar-refractivity contribution in [1.82, 2.24) is 10.2 Å². The molecule has 3 heterocycles. The fourth-order valence-corrected chi connectivity index (χ4v) is 5.10. The molecule has 3 amide bonds. The molecule has 0 aromatic heterocycles. The van der Waals surface area contributed by atoms with Crippen molar-refractivity contribution in [3.8, 4) is 0 Å². The fraction of sp³-hybridized carbons (Fsp3) is 0.318. The Balaban J connectivity index is 1.52. The van der Waals surface area contributed by atoms with Crippen molar-refractivity contribution in [2.45, 2.75) is 24.9 Å². The van der Waals surface area contributed by atoms with Crippen molar-refractivity contribution in [3.05, 3.63) is 65.5 Å². The number of anilines is 1. The van der Waals surface area contributed by atoms with E-state index in [2.05, 4.69) is 10.6 Å². The molecule has 0 bridgehead atoms. The molecule has 3 aliphatic heterocycles. The van der Waals surface area contributed by atoms with Crippen LogP contribution in [0.2, 0.25) is 0 Å². The second kappa shape index (κ2) is 6.22. The van der Waals surface area contributed by atoms with E-state index in [-0.39, 0.29) is 18.4 Å². The van der Waals surface area contributed by atoms with Gasteiger partial charge in [-0.1, -0.05) is 30.3 Å². The molecule has 0 saturated carbocycles. The third-order valence-corrected chi connectivity index (χ3v) is 6.38. The summed E-state index contributed by atoms with van der Waals surface area (Å²) < 4.78 is 14.0. The zero-order valence-corrected chi connectivity index (χ0v) is 15.8. The van der Waals surface area contributed by atoms with E-state index in [1.807, 2.05) is 30.3 Å². The van der Waals surface area contributed by atoms with Crippen LogP contribution in [0.25, 0.3) is 0 Å². The zero-order chi connectivity index (χ0) is 20.3. The minimum absolute atomic E-state index is 0.259. The molecule has 4 unspecified atom stereocenters. The Morgan fingerprint density at radius 1 is 1.07 bits per heavy atom. The number of amides is 3. The molecule has 7 heteroatoms. The Labute approximate surface area is 167 Å². The maximum Gasteiger partial charge on any atom is 0.250 e. The topological polar surface area (TPSA) is 78.5 Å². The molecule has 4 atom stereocenters. The number of nitrogens with zero attached hydrogens (tertiary/aromatic N) is 1. The highest BCUT2D eigenvalue weighted by Crippen LogP contribution is 2.52. The van der Waals surface area contributed by atoms with Gasteiger partial charge in [0.15, 0.2) is 0 Å². The van der Waals surface area contributed by atoms with Crippen LogP contribution in [-0.4, -0.2) is 35.2 Å². The molecule has 6 nitrogen and oxygen atoms in total. The molecule has 2 aromatic rings. The van der Waals surface area contributed by atoms with Crippen LogP contribution in [0.4, 0.5) is 10.1 Å². The number of rotatable bonds is 3. The van der Waals surface area contributed by atoms with Crippen LogP contribution in [0.1, 0.15) is 18.1 Å². The highest BCUT2D eigenvalue weighted by Gasteiger charge is 2.69. The van der Waals surface area contributed by atoms with Crippen molar-refractivity contribution in [1.29, 1.82) is 0 Å². The molecule has 2 saturated heterocycles. The first-order valence-corrected chi connectivity index (χ1v) is 9.72. The number of benzene rings is 2. The number of likely N-dealkylation sites (tertiary alicyclic amines) is 1. The molecule has 2 fully saturated rings. The minimum atomic E-state index is -1.42. The van der Waals surface area contributed by atoms with Crippen LogP contribution >= 0.6 is 0 Å². The summed E-state index contributed by atoms with van der Waals surface area (Å²) in [6.45, 7) is 2.05. The van der Waals surface area contributed by atoms with Gasteiger partial charge in [-0.15, -0.1) is 0 Å². The average Bonchev–Trinajstić information content (AvgIpc) is 3.26. The Kier molecular flexibility index (Phi) is 3.86. The number of halogens is 1. The third-order valence-electron chi connectivity index (χ3n) is 6.38. The first-order chi connectivity index (χ1) is 13.9. The predicted octanol–water partition coefficient (Wildman–Crippen LogP) is 1.81. The van der Waals surface area contributed by atoms with Gasteiger partial charge in [0.05, 0.1) is 11.8 Å². The van der Waals surface area contributed by atoms with Gasteiger partial charge in [0.25, 0.3) is 0 Å². The smallest absolute Gasteiger partial charge is 0.250 e. The van der Waals surface area contributed by atoms with Crippen LogP contribution in [-0.2, 0) is 26.3 Å². The van der Waals surface area contributed by atoms with E-state index >= 15 is 0 Å². The average molecular weight is 393 g/mol. The monoisotopic (exact) mass is 393 g/mol. The lowest BCUT2D eigenvalue weighted by atomic mass is 9.76. The van der Waals surface area contributed by atoms with Crippen LogP contribution in [0.15, 0.2) is 48.5 Å². The molecule has 5 rings (SSSR count). The molecule has 2 aromatic carbocycles. The van der Waals surface area contributed by atoms with Gasteiger partial charge in [0.1, 0.15) is 11.4 Å². The van der Waals surface area contributed by atoms with E-state index in [4.69, 9.17) is 0 Å². The number of hydrogen-bond acceptors (Lipinski definition) is 4. The van der Waals surface area contributed by atoms with E-state index in [1.165, 1.54) is 23.1 Å². The van der Waals surface area contributed by atoms with Crippen molar-refractivity contribution in [2.24, 2.45) is 11.8 Å². The normalized spacial score (nSPS) is 30.1. The molecule has 1 spiro atoms. The molecule has 0 radical (unpaired) electrons. The number of nitrogens with one attached hydrogen (secondary N) is 2. The summed E-state index contributed by atoms with van der Waals surface area (Å²) in [7, 11) is 0. The summed E-state index contributed by atoms with van der Waals surface area (Å²) in [4.78, 5) is 40.8. The van der Waals surface area contributed by atoms with Gasteiger partial charge in [0, 0.05) is 23.8 Å². The van der Waals surface area contributed by atoms with Gasteiger partial charge in [-0.2, -0.15) is 0 Å². The van der Waals surface area contributed by atoms with Crippen molar-refractivity contribution in [2.75, 3.05) is 11.9 Å². The quantitative estimate of drug-likeness (QED) is 0.780. The summed E-state index contributed by atoms with van der Waals surface area (Å²) in [6, 6.07) is 13.3. The summed E-state index contributed by atoms with van der Waals surface area (Å²) in [5.41, 5.74) is 0.472. The first kappa shape index (κ1) is 18.0. The lowest BCUT2D eigenvalue weighted by Crippen LogP contribution is -2.53. The Hall–Kier alpha value is -3.06. The zero-order valence-electron chi connectivity index (χ0n) is 15.8. The Bertz CT molecular complexity index is 1040. The van der Waals surface area contributed by atoms with E-state index in [0.717, 1.165) is 5.56 Å². The SMILES string of the molecule is CC1NC2(C(=O)Nc3ccc(F)cc32)C2C(=O)N(CCc3ccccc3)C(=O)C12. The van der Waals surface area contributed by atoms with Crippen molar-refractivity contribution in [3.63, 3.8) is 0 Å². The first-order valence-electron chi connectivity index (χ1n) is 9.72. The standard InChI is InChI=1S/C22H20FN3O3/c1-12-17-18(20(28)26(19(17)27)10-9-13-5-3-2-4-6-13)22(25-12)15-11-14(23)7-8-16(15)24-21(22)29/h2-8,11-12,17-18,25H,9-10H2,1H3,(H,24,29). The number of carbonyl (C=O) groups is 3. The summed E-state index contributed by atoms with van der Waals surface area (Å²) in [5.74, 6) is -3.09. The maximum atomic E-state index is 14.0. The highest BCUT2D eigenvalue weighted by molar-refractivity contribution is 6.15. The number of carbonyl (C=O) groups excluding carboxylic acids is 3. The molecular formula is C22H20FN3O3. The van der Waals surface area contributed by atoms with Gasteiger partial charge in [0.2, 0.25) is 17.7 Å². The molecule has 3 aliphatic rings. The number of hydrogen-bond donors (Lipinski definition) is 2. The Morgan fingerprint density at radius 3 is 2.59 bits per heavy atom. The van der Waals surface area contributed by atoms with Crippen LogP contribution in [0.3, 0.4) is 0 Å². The molecule has 2 N–H and O–H groups in total. The highest BCUT2D eigenvalue weighted by atomic mass is 19.1. The lowest BCUT2D eigenvalue weighted by Gasteiger charge is -2.29. The lowest BCUT2D eigenvalue weighted by molar-refractivity contribution is -0.142. The van der Waals surface area contributed by atoms with Gasteiger partial charge in [-0.25, -0.2) is 4.39 Å². The van der Waals surface area contributed by atoms with Crippen LogP contribution < -0.4 is 10.6 Å². The fourth-order valence-electron chi connectivity index (χ4n) is 5.10. The van der Waals surface area contributed by atoms with Crippen LogP contribution in [0.5, 0.6) is 0 Å². The van der Waals surface area contributed by atoms with E-state index in [9.17, 15) is 18.8 Å². The summed E-state index contributed by atoms with van der Waals surface area (Å²) in [5, 5.41) is 5.92. The predicted molar refractivity (Wildman–Crippen MR) is 103 cm³/mol. The van der Waals surface area contributed by atoms with Gasteiger partial charge < -0.3 is 5.32 Å². The van der Waals surface area contributed by atoms with E-state index in [0.29, 0.717) is 17.7 Å². The second-order valence-electron chi connectivity index (χ2n) is 7.95. The molecule has 148 valence electrons. The minimum Gasteiger partial charge on any atom is -0.324 e. The van der Waals surface area contributed by atoms with Crippen molar-refractivity contribution < 1.29 is 18.8 Å². The van der Waals surface area contributed by atoms with Gasteiger partial charge >= 0.3 is 0 Å². The van der Waals surface area contributed by atoms with Gasteiger partial charge in [-0.05, 0) is 37.1 Å². The second-order valence-corrected chi connectivity index (χ2v) is 7.95. The maximum absolute atomic E-state index is 14.0.